The lowest BCUT2D eigenvalue weighted by atomic mass is 10.0. The second-order valence-electron chi connectivity index (χ2n) is 3.09. The first-order valence-electron chi connectivity index (χ1n) is 4.47. The van der Waals surface area contributed by atoms with Crippen LogP contribution in [0.2, 0.25) is 0 Å². The maximum Gasteiger partial charge on any atom is 0.214 e. The van der Waals surface area contributed by atoms with Gasteiger partial charge in [0.25, 0.3) is 0 Å². The van der Waals surface area contributed by atoms with Crippen molar-refractivity contribution >= 4 is 5.91 Å². The van der Waals surface area contributed by atoms with Crippen LogP contribution in [0.25, 0.3) is 0 Å². The summed E-state index contributed by atoms with van der Waals surface area (Å²) in [6, 6.07) is 0. The lowest BCUT2D eigenvalue weighted by molar-refractivity contribution is -0.123. The van der Waals surface area contributed by atoms with Crippen molar-refractivity contribution in [2.75, 3.05) is 13.2 Å². The molecule has 8 nitrogen and oxygen atoms in total. The Bertz CT molecular complexity index is 171. The van der Waals surface area contributed by atoms with Crippen molar-refractivity contribution in [3.63, 3.8) is 0 Å². The Hall–Kier alpha value is -0.770. The molecule has 8 N–H and O–H groups in total. The van der Waals surface area contributed by atoms with E-state index in [2.05, 4.69) is 5.73 Å². The van der Waals surface area contributed by atoms with Crippen LogP contribution in [0.5, 0.6) is 0 Å². The van der Waals surface area contributed by atoms with Crippen LogP contribution in [0.4, 0.5) is 0 Å². The fraction of sp³-hybridized carbons (Fsp3) is 0.875. The Kier molecular flexibility index (Phi) is 10.4. The van der Waals surface area contributed by atoms with E-state index in [0.717, 1.165) is 0 Å². The lowest BCUT2D eigenvalue weighted by Gasteiger charge is -2.24. The molecule has 1 amide bonds. The van der Waals surface area contributed by atoms with Crippen LogP contribution < -0.4 is 5.73 Å². The second kappa shape index (κ2) is 9.46. The summed E-state index contributed by atoms with van der Waals surface area (Å²) < 4.78 is 0. The fourth-order valence-corrected chi connectivity index (χ4v) is 0.671. The van der Waals surface area contributed by atoms with Gasteiger partial charge in [-0.1, -0.05) is 0 Å². The summed E-state index contributed by atoms with van der Waals surface area (Å²) in [4.78, 5) is 9.22. The third kappa shape index (κ3) is 8.53. The van der Waals surface area contributed by atoms with Crippen molar-refractivity contribution < 1.29 is 35.4 Å². The van der Waals surface area contributed by atoms with E-state index < -0.39 is 37.6 Å². The summed E-state index contributed by atoms with van der Waals surface area (Å²) in [7, 11) is 0. The molecule has 8 heteroatoms. The first-order chi connectivity index (χ1) is 7.27. The number of amides is 1. The minimum absolute atomic E-state index is 0.333. The van der Waals surface area contributed by atoms with E-state index in [-0.39, 0.29) is 5.91 Å². The Morgan fingerprint density at radius 3 is 1.31 bits per heavy atom. The monoisotopic (exact) mass is 241 g/mol. The molecule has 0 spiro atoms. The molecule has 0 aliphatic rings. The maximum absolute atomic E-state index is 9.22. The highest BCUT2D eigenvalue weighted by molar-refractivity contribution is 5.70. The van der Waals surface area contributed by atoms with Gasteiger partial charge in [-0.05, 0) is 0 Å². The van der Waals surface area contributed by atoms with Crippen molar-refractivity contribution in [3.8, 4) is 0 Å². The molecule has 16 heavy (non-hydrogen) atoms. The van der Waals surface area contributed by atoms with Gasteiger partial charge < -0.3 is 36.4 Å². The van der Waals surface area contributed by atoms with E-state index in [4.69, 9.17) is 30.6 Å². The third-order valence-corrected chi connectivity index (χ3v) is 1.51. The average Bonchev–Trinajstić information content (AvgIpc) is 2.24. The van der Waals surface area contributed by atoms with Crippen LogP contribution in [-0.2, 0) is 4.79 Å². The second-order valence-corrected chi connectivity index (χ2v) is 3.09. The number of aliphatic hydroxyl groups excluding tert-OH is 6. The number of nitrogens with two attached hydrogens (primary N) is 1. The zero-order chi connectivity index (χ0) is 13.3. The smallest absolute Gasteiger partial charge is 0.214 e. The van der Waals surface area contributed by atoms with E-state index in [1.54, 1.807) is 0 Å². The zero-order valence-electron chi connectivity index (χ0n) is 8.89. The minimum atomic E-state index is -1.67. The van der Waals surface area contributed by atoms with Crippen molar-refractivity contribution in [1.82, 2.24) is 0 Å². The SMILES string of the molecule is CC(N)=O.OC[C@@H](O)[C@@H](O)[C@H](O)[C@@H](O)CO. The third-order valence-electron chi connectivity index (χ3n) is 1.51. The van der Waals surface area contributed by atoms with Crippen LogP contribution >= 0.6 is 0 Å². The van der Waals surface area contributed by atoms with Crippen molar-refractivity contribution in [3.05, 3.63) is 0 Å². The largest absolute Gasteiger partial charge is 0.394 e. The minimum Gasteiger partial charge on any atom is -0.394 e. The number of primary amides is 1. The Balaban J connectivity index is 0. The van der Waals surface area contributed by atoms with Gasteiger partial charge in [0, 0.05) is 6.92 Å². The van der Waals surface area contributed by atoms with Gasteiger partial charge in [-0.25, -0.2) is 0 Å². The van der Waals surface area contributed by atoms with Gasteiger partial charge in [0.2, 0.25) is 5.91 Å². The highest BCUT2D eigenvalue weighted by Crippen LogP contribution is 2.03. The highest BCUT2D eigenvalue weighted by atomic mass is 16.4. The van der Waals surface area contributed by atoms with Crippen molar-refractivity contribution in [2.45, 2.75) is 31.3 Å². The molecule has 0 aromatic carbocycles. The van der Waals surface area contributed by atoms with Crippen LogP contribution in [0.1, 0.15) is 6.92 Å². The standard InChI is InChI=1S/C6H14O6.C2H5NO/c7-1-3(9)5(11)6(12)4(10)2-8;1-2(3)4/h3-12H,1-2H2;1H3,(H2,3,4)/t3-,4+,5-,6-;/m1./s1. The van der Waals surface area contributed by atoms with Crippen LogP contribution in [0, 0.1) is 0 Å². The van der Waals surface area contributed by atoms with Crippen LogP contribution in [0.15, 0.2) is 0 Å². The van der Waals surface area contributed by atoms with E-state index in [0.29, 0.717) is 0 Å². The van der Waals surface area contributed by atoms with Crippen LogP contribution in [-0.4, -0.2) is 74.2 Å². The lowest BCUT2D eigenvalue weighted by Crippen LogP contribution is -2.46. The molecule has 0 fully saturated rings. The molecule has 98 valence electrons. The van der Waals surface area contributed by atoms with E-state index >= 15 is 0 Å². The predicted molar refractivity (Wildman–Crippen MR) is 53.1 cm³/mol. The average molecular weight is 241 g/mol. The summed E-state index contributed by atoms with van der Waals surface area (Å²) in [5.74, 6) is -0.333. The number of hydrogen-bond acceptors (Lipinski definition) is 7. The summed E-state index contributed by atoms with van der Waals surface area (Å²) in [5.41, 5.74) is 4.47. The van der Waals surface area contributed by atoms with Gasteiger partial charge in [0.1, 0.15) is 24.4 Å². The normalized spacial score (nSPS) is 17.7. The Labute approximate surface area is 92.6 Å². The molecular weight excluding hydrogens is 222 g/mol. The summed E-state index contributed by atoms with van der Waals surface area (Å²) in [6.07, 6.45) is -6.39. The fourth-order valence-electron chi connectivity index (χ4n) is 0.671. The van der Waals surface area contributed by atoms with Gasteiger partial charge in [0.15, 0.2) is 0 Å². The maximum atomic E-state index is 9.22. The van der Waals surface area contributed by atoms with Crippen molar-refractivity contribution in [1.29, 1.82) is 0 Å². The number of carbonyl (C=O) groups is 1. The van der Waals surface area contributed by atoms with Gasteiger partial charge in [-0.3, -0.25) is 4.79 Å². The molecule has 0 unspecified atom stereocenters. The number of carbonyl (C=O) groups excluding carboxylic acids is 1. The summed E-state index contributed by atoms with van der Waals surface area (Å²) in [5, 5.41) is 52.2. The molecule has 0 heterocycles. The van der Waals surface area contributed by atoms with Crippen LogP contribution in [0.3, 0.4) is 0 Å². The molecule has 4 atom stereocenters. The van der Waals surface area contributed by atoms with E-state index in [1.807, 2.05) is 0 Å². The highest BCUT2D eigenvalue weighted by Gasteiger charge is 2.29. The number of hydrogen-bond donors (Lipinski definition) is 7. The topological polar surface area (TPSA) is 164 Å². The molecule has 0 radical (unpaired) electrons. The molecule has 0 rings (SSSR count). The van der Waals surface area contributed by atoms with Crippen molar-refractivity contribution in [2.24, 2.45) is 5.73 Å². The number of aliphatic hydroxyl groups is 6. The molecule has 0 saturated heterocycles. The van der Waals surface area contributed by atoms with E-state index in [9.17, 15) is 4.79 Å². The molecule has 0 aromatic rings. The molecular formula is C8H19NO7. The van der Waals surface area contributed by atoms with Gasteiger partial charge >= 0.3 is 0 Å². The van der Waals surface area contributed by atoms with Gasteiger partial charge in [-0.2, -0.15) is 0 Å². The molecule has 0 bridgehead atoms. The molecule has 0 saturated carbocycles. The van der Waals surface area contributed by atoms with E-state index in [1.165, 1.54) is 6.92 Å². The number of rotatable bonds is 5. The summed E-state index contributed by atoms with van der Waals surface area (Å²) >= 11 is 0. The first-order valence-corrected chi connectivity index (χ1v) is 4.47. The molecule has 0 aromatic heterocycles. The van der Waals surface area contributed by atoms with Gasteiger partial charge in [-0.15, -0.1) is 0 Å². The summed E-state index contributed by atoms with van der Waals surface area (Å²) in [6.45, 7) is -0.146. The quantitative estimate of drug-likeness (QED) is 0.257. The molecule has 0 aliphatic heterocycles. The van der Waals surface area contributed by atoms with Gasteiger partial charge in [0.05, 0.1) is 13.2 Å². The Morgan fingerprint density at radius 2 is 1.19 bits per heavy atom. The molecule has 0 aliphatic carbocycles. The first kappa shape index (κ1) is 17.6. The zero-order valence-corrected chi connectivity index (χ0v) is 8.89. The predicted octanol–water partition coefficient (Wildman–Crippen LogP) is -4.09. The Morgan fingerprint density at radius 1 is 1.00 bits per heavy atom.